The van der Waals surface area contributed by atoms with Gasteiger partial charge in [-0.25, -0.2) is 4.79 Å². The number of carbonyl (C=O) groups excluding carboxylic acids is 1. The van der Waals surface area contributed by atoms with E-state index in [2.05, 4.69) is 10.2 Å². The molecule has 1 aromatic rings. The maximum absolute atomic E-state index is 11.9. The first-order valence-corrected chi connectivity index (χ1v) is 5.92. The summed E-state index contributed by atoms with van der Waals surface area (Å²) < 4.78 is 10.5. The van der Waals surface area contributed by atoms with Crippen LogP contribution in [0.25, 0.3) is 0 Å². The monoisotopic (exact) mass is 254 g/mol. The number of amides is 1. The van der Waals surface area contributed by atoms with Crippen molar-refractivity contribution in [2.75, 3.05) is 18.8 Å². The Morgan fingerprint density at radius 3 is 2.78 bits per heavy atom. The minimum absolute atomic E-state index is 0.0438. The fourth-order valence-electron chi connectivity index (χ4n) is 1.87. The van der Waals surface area contributed by atoms with Gasteiger partial charge < -0.3 is 19.8 Å². The van der Waals surface area contributed by atoms with Crippen molar-refractivity contribution in [1.82, 2.24) is 15.1 Å². The second-order valence-electron chi connectivity index (χ2n) is 5.39. The molecule has 18 heavy (non-hydrogen) atoms. The van der Waals surface area contributed by atoms with E-state index in [1.165, 1.54) is 0 Å². The Morgan fingerprint density at radius 1 is 1.50 bits per heavy atom. The van der Waals surface area contributed by atoms with Gasteiger partial charge in [-0.3, -0.25) is 0 Å². The molecule has 1 amide bonds. The lowest BCUT2D eigenvalue weighted by molar-refractivity contribution is 0.0291. The zero-order chi connectivity index (χ0) is 13.3. The van der Waals surface area contributed by atoms with Crippen LogP contribution in [0.15, 0.2) is 4.42 Å². The van der Waals surface area contributed by atoms with E-state index in [9.17, 15) is 4.79 Å². The summed E-state index contributed by atoms with van der Waals surface area (Å²) in [5, 5.41) is 7.46. The van der Waals surface area contributed by atoms with Crippen LogP contribution in [0.4, 0.5) is 10.8 Å². The zero-order valence-corrected chi connectivity index (χ0v) is 10.8. The third kappa shape index (κ3) is 2.91. The minimum Gasteiger partial charge on any atom is -0.444 e. The second-order valence-corrected chi connectivity index (χ2v) is 5.39. The van der Waals surface area contributed by atoms with Crippen LogP contribution in [-0.2, 0) is 4.74 Å². The van der Waals surface area contributed by atoms with Crippen LogP contribution in [-0.4, -0.2) is 39.9 Å². The van der Waals surface area contributed by atoms with Crippen molar-refractivity contribution in [3.8, 4) is 0 Å². The lowest BCUT2D eigenvalue weighted by Crippen LogP contribution is -2.35. The van der Waals surface area contributed by atoms with Crippen LogP contribution >= 0.6 is 0 Å². The van der Waals surface area contributed by atoms with Gasteiger partial charge in [0.05, 0.1) is 5.92 Å². The van der Waals surface area contributed by atoms with Crippen LogP contribution in [0.3, 0.4) is 0 Å². The Labute approximate surface area is 105 Å². The van der Waals surface area contributed by atoms with Crippen LogP contribution in [0.1, 0.15) is 39.0 Å². The van der Waals surface area contributed by atoms with Gasteiger partial charge in [0.15, 0.2) is 0 Å². The SMILES string of the molecule is CC(C)(C)OC(=O)N1CC[C@@H](c2nnc(N)o2)C1. The highest BCUT2D eigenvalue weighted by Gasteiger charge is 2.33. The number of nitrogen functional groups attached to an aromatic ring is 1. The summed E-state index contributed by atoms with van der Waals surface area (Å²) in [7, 11) is 0. The highest BCUT2D eigenvalue weighted by atomic mass is 16.6. The average molecular weight is 254 g/mol. The third-order valence-electron chi connectivity index (χ3n) is 2.65. The average Bonchev–Trinajstić information content (AvgIpc) is 2.82. The molecule has 2 heterocycles. The van der Waals surface area contributed by atoms with E-state index in [-0.39, 0.29) is 18.0 Å². The van der Waals surface area contributed by atoms with Gasteiger partial charge in [0, 0.05) is 13.1 Å². The summed E-state index contributed by atoms with van der Waals surface area (Å²) in [5.41, 5.74) is 4.90. The molecule has 0 aliphatic carbocycles. The van der Waals surface area contributed by atoms with E-state index >= 15 is 0 Å². The molecule has 0 radical (unpaired) electrons. The number of likely N-dealkylation sites (tertiary alicyclic amines) is 1. The van der Waals surface area contributed by atoms with Gasteiger partial charge in [-0.15, -0.1) is 5.10 Å². The molecular weight excluding hydrogens is 236 g/mol. The third-order valence-corrected chi connectivity index (χ3v) is 2.65. The molecule has 0 unspecified atom stereocenters. The summed E-state index contributed by atoms with van der Waals surface area (Å²) in [5.74, 6) is 0.529. The Morgan fingerprint density at radius 2 is 2.22 bits per heavy atom. The maximum atomic E-state index is 11.9. The van der Waals surface area contributed by atoms with E-state index in [0.717, 1.165) is 6.42 Å². The first-order valence-electron chi connectivity index (χ1n) is 5.92. The van der Waals surface area contributed by atoms with Crippen molar-refractivity contribution in [2.45, 2.75) is 38.7 Å². The highest BCUT2D eigenvalue weighted by molar-refractivity contribution is 5.68. The van der Waals surface area contributed by atoms with Gasteiger partial charge >= 0.3 is 12.1 Å². The van der Waals surface area contributed by atoms with Crippen molar-refractivity contribution >= 4 is 12.1 Å². The molecule has 0 saturated carbocycles. The number of nitrogens with two attached hydrogens (primary N) is 1. The number of anilines is 1. The van der Waals surface area contributed by atoms with E-state index in [1.54, 1.807) is 4.90 Å². The van der Waals surface area contributed by atoms with Crippen LogP contribution in [0.5, 0.6) is 0 Å². The topological polar surface area (TPSA) is 94.5 Å². The number of ether oxygens (including phenoxy) is 1. The standard InChI is InChI=1S/C11H18N4O3/c1-11(2,3)18-10(16)15-5-4-7(6-15)8-13-14-9(12)17-8/h7H,4-6H2,1-3H3,(H2,12,14)/t7-/m1/s1. The molecule has 1 saturated heterocycles. The number of nitrogens with zero attached hydrogens (tertiary/aromatic N) is 3. The van der Waals surface area contributed by atoms with E-state index in [4.69, 9.17) is 14.9 Å². The van der Waals surface area contributed by atoms with Crippen molar-refractivity contribution in [2.24, 2.45) is 0 Å². The summed E-state index contributed by atoms with van der Waals surface area (Å²) in [6.07, 6.45) is 0.471. The van der Waals surface area contributed by atoms with E-state index < -0.39 is 5.60 Å². The van der Waals surface area contributed by atoms with Crippen molar-refractivity contribution < 1.29 is 13.9 Å². The molecular formula is C11H18N4O3. The van der Waals surface area contributed by atoms with Gasteiger partial charge in [0.25, 0.3) is 0 Å². The summed E-state index contributed by atoms with van der Waals surface area (Å²) in [6, 6.07) is 0.0562. The van der Waals surface area contributed by atoms with E-state index in [0.29, 0.717) is 19.0 Å². The number of aromatic nitrogens is 2. The van der Waals surface area contributed by atoms with E-state index in [1.807, 2.05) is 20.8 Å². The first kappa shape index (κ1) is 12.7. The zero-order valence-electron chi connectivity index (χ0n) is 10.8. The minimum atomic E-state index is -0.482. The lowest BCUT2D eigenvalue weighted by Gasteiger charge is -2.24. The van der Waals surface area contributed by atoms with Gasteiger partial charge in [0.2, 0.25) is 5.89 Å². The van der Waals surface area contributed by atoms with Gasteiger partial charge in [-0.05, 0) is 27.2 Å². The van der Waals surface area contributed by atoms with Gasteiger partial charge in [-0.1, -0.05) is 5.10 Å². The quantitative estimate of drug-likeness (QED) is 0.813. The van der Waals surface area contributed by atoms with Gasteiger partial charge in [-0.2, -0.15) is 0 Å². The number of hydrogen-bond donors (Lipinski definition) is 1. The van der Waals surface area contributed by atoms with Crippen LogP contribution in [0, 0.1) is 0 Å². The molecule has 1 atom stereocenters. The van der Waals surface area contributed by atoms with Crippen molar-refractivity contribution in [1.29, 1.82) is 0 Å². The van der Waals surface area contributed by atoms with Crippen LogP contribution in [0.2, 0.25) is 0 Å². The molecule has 0 aromatic carbocycles. The Balaban J connectivity index is 1.94. The first-order chi connectivity index (χ1) is 8.35. The molecule has 0 spiro atoms. The predicted molar refractivity (Wildman–Crippen MR) is 63.9 cm³/mol. The molecule has 7 nitrogen and oxygen atoms in total. The largest absolute Gasteiger partial charge is 0.444 e. The molecule has 100 valence electrons. The fourth-order valence-corrected chi connectivity index (χ4v) is 1.87. The fraction of sp³-hybridized carbons (Fsp3) is 0.727. The Kier molecular flexibility index (Phi) is 3.14. The molecule has 2 N–H and O–H groups in total. The number of carbonyl (C=O) groups is 1. The highest BCUT2D eigenvalue weighted by Crippen LogP contribution is 2.27. The normalized spacial score (nSPS) is 20.2. The molecule has 1 aliphatic heterocycles. The van der Waals surface area contributed by atoms with Gasteiger partial charge in [0.1, 0.15) is 5.60 Å². The molecule has 1 aliphatic rings. The molecule has 1 fully saturated rings. The molecule has 7 heteroatoms. The summed E-state index contributed by atoms with van der Waals surface area (Å²) in [4.78, 5) is 13.5. The van der Waals surface area contributed by atoms with Crippen molar-refractivity contribution in [3.05, 3.63) is 5.89 Å². The van der Waals surface area contributed by atoms with Crippen LogP contribution < -0.4 is 5.73 Å². The Hall–Kier alpha value is -1.79. The van der Waals surface area contributed by atoms with Crippen molar-refractivity contribution in [3.63, 3.8) is 0 Å². The molecule has 0 bridgehead atoms. The number of hydrogen-bond acceptors (Lipinski definition) is 6. The Bertz CT molecular complexity index is 438. The smallest absolute Gasteiger partial charge is 0.410 e. The molecule has 2 rings (SSSR count). The number of rotatable bonds is 1. The lowest BCUT2D eigenvalue weighted by atomic mass is 10.1. The summed E-state index contributed by atoms with van der Waals surface area (Å²) >= 11 is 0. The molecule has 1 aromatic heterocycles. The second kappa shape index (κ2) is 4.47. The summed E-state index contributed by atoms with van der Waals surface area (Å²) in [6.45, 7) is 6.68. The predicted octanol–water partition coefficient (Wildman–Crippen LogP) is 1.38. The maximum Gasteiger partial charge on any atom is 0.410 e.